The highest BCUT2D eigenvalue weighted by molar-refractivity contribution is 6.42. The third-order valence-corrected chi connectivity index (χ3v) is 4.37. The third-order valence-electron chi connectivity index (χ3n) is 3.63. The Morgan fingerprint density at radius 1 is 1.38 bits per heavy atom. The molecule has 118 valence electrons. The third kappa shape index (κ3) is 4.77. The smallest absolute Gasteiger partial charge is 0.317 e. The maximum absolute atomic E-state index is 12.0. The molecule has 0 bridgehead atoms. The van der Waals surface area contributed by atoms with Crippen molar-refractivity contribution in [3.8, 4) is 0 Å². The molecule has 1 atom stereocenters. The average Bonchev–Trinajstić information content (AvgIpc) is 2.45. The molecule has 0 aliphatic rings. The molecule has 0 aliphatic carbocycles. The quantitative estimate of drug-likeness (QED) is 0.869. The van der Waals surface area contributed by atoms with Crippen LogP contribution in [0.5, 0.6) is 0 Å². The van der Waals surface area contributed by atoms with Crippen molar-refractivity contribution in [2.75, 3.05) is 20.2 Å². The van der Waals surface area contributed by atoms with Crippen LogP contribution in [0.15, 0.2) is 18.2 Å². The first-order valence-corrected chi connectivity index (χ1v) is 7.51. The summed E-state index contributed by atoms with van der Waals surface area (Å²) in [6.07, 6.45) is 0. The lowest BCUT2D eigenvalue weighted by Crippen LogP contribution is -2.47. The van der Waals surface area contributed by atoms with Gasteiger partial charge in [-0.3, -0.25) is 0 Å². The Morgan fingerprint density at radius 3 is 2.52 bits per heavy atom. The first-order valence-electron chi connectivity index (χ1n) is 6.76. The van der Waals surface area contributed by atoms with Gasteiger partial charge >= 0.3 is 6.03 Å². The summed E-state index contributed by atoms with van der Waals surface area (Å²) >= 11 is 12.0. The van der Waals surface area contributed by atoms with Crippen LogP contribution in [0.25, 0.3) is 0 Å². The molecular formula is C15H22Cl2N2O2. The van der Waals surface area contributed by atoms with Gasteiger partial charge in [0.1, 0.15) is 0 Å². The lowest BCUT2D eigenvalue weighted by molar-refractivity contribution is 0.156. The molecule has 0 fully saturated rings. The number of halogens is 2. The van der Waals surface area contributed by atoms with Crippen LogP contribution >= 0.6 is 23.2 Å². The molecule has 1 aromatic carbocycles. The van der Waals surface area contributed by atoms with E-state index in [1.165, 1.54) is 4.90 Å². The summed E-state index contributed by atoms with van der Waals surface area (Å²) in [4.78, 5) is 13.5. The van der Waals surface area contributed by atoms with Crippen molar-refractivity contribution < 1.29 is 9.90 Å². The second kappa shape index (κ2) is 7.34. The van der Waals surface area contributed by atoms with Crippen molar-refractivity contribution in [1.29, 1.82) is 0 Å². The van der Waals surface area contributed by atoms with Crippen LogP contribution in [0.4, 0.5) is 4.79 Å². The molecule has 0 aliphatic heterocycles. The van der Waals surface area contributed by atoms with E-state index in [0.717, 1.165) is 5.56 Å². The first-order chi connectivity index (χ1) is 9.69. The molecule has 0 spiro atoms. The van der Waals surface area contributed by atoms with Gasteiger partial charge in [-0.05, 0) is 24.6 Å². The van der Waals surface area contributed by atoms with Gasteiger partial charge in [0.25, 0.3) is 0 Å². The molecule has 4 nitrogen and oxygen atoms in total. The molecular weight excluding hydrogens is 311 g/mol. The van der Waals surface area contributed by atoms with Gasteiger partial charge in [0.05, 0.1) is 22.7 Å². The van der Waals surface area contributed by atoms with Gasteiger partial charge in [-0.25, -0.2) is 4.79 Å². The fourth-order valence-electron chi connectivity index (χ4n) is 1.76. The van der Waals surface area contributed by atoms with Crippen molar-refractivity contribution in [3.05, 3.63) is 33.8 Å². The van der Waals surface area contributed by atoms with Gasteiger partial charge in [-0.15, -0.1) is 0 Å². The van der Waals surface area contributed by atoms with E-state index in [-0.39, 0.29) is 24.1 Å². The Morgan fingerprint density at radius 2 is 2.00 bits per heavy atom. The van der Waals surface area contributed by atoms with Crippen LogP contribution in [0.2, 0.25) is 10.0 Å². The second-order valence-electron chi connectivity index (χ2n) is 5.81. The Bertz CT molecular complexity index is 506. The minimum Gasteiger partial charge on any atom is -0.394 e. The molecule has 21 heavy (non-hydrogen) atoms. The number of carbonyl (C=O) groups is 1. The molecule has 0 aromatic heterocycles. The molecule has 1 aromatic rings. The van der Waals surface area contributed by atoms with E-state index in [1.54, 1.807) is 20.0 Å². The monoisotopic (exact) mass is 332 g/mol. The number of nitrogens with zero attached hydrogens (tertiary/aromatic N) is 1. The van der Waals surface area contributed by atoms with E-state index in [9.17, 15) is 4.79 Å². The van der Waals surface area contributed by atoms with E-state index in [2.05, 4.69) is 5.32 Å². The average molecular weight is 333 g/mol. The topological polar surface area (TPSA) is 52.6 Å². The predicted octanol–water partition coefficient (Wildman–Crippen LogP) is 3.29. The van der Waals surface area contributed by atoms with Gasteiger partial charge < -0.3 is 15.3 Å². The van der Waals surface area contributed by atoms with E-state index in [4.69, 9.17) is 28.3 Å². The Labute approximate surface area is 136 Å². The number of aliphatic hydroxyl groups is 1. The minimum atomic E-state index is -0.285. The van der Waals surface area contributed by atoms with Crippen LogP contribution in [0.3, 0.4) is 0 Å². The number of hydrogen-bond donors (Lipinski definition) is 2. The zero-order valence-corrected chi connectivity index (χ0v) is 14.3. The van der Waals surface area contributed by atoms with Crippen molar-refractivity contribution in [2.24, 2.45) is 0 Å². The summed E-state index contributed by atoms with van der Waals surface area (Å²) < 4.78 is 0. The summed E-state index contributed by atoms with van der Waals surface area (Å²) in [5.74, 6) is 0. The van der Waals surface area contributed by atoms with E-state index < -0.39 is 0 Å². The van der Waals surface area contributed by atoms with E-state index in [1.807, 2.05) is 26.0 Å². The predicted molar refractivity (Wildman–Crippen MR) is 87.2 cm³/mol. The number of nitrogens with one attached hydrogen (secondary N) is 1. The maximum atomic E-state index is 12.0. The number of amides is 2. The molecule has 2 amide bonds. The van der Waals surface area contributed by atoms with Gasteiger partial charge in [0.2, 0.25) is 0 Å². The Hall–Kier alpha value is -0.970. The van der Waals surface area contributed by atoms with Crippen LogP contribution in [0, 0.1) is 0 Å². The molecule has 0 radical (unpaired) electrons. The molecule has 0 saturated carbocycles. The number of aliphatic hydroxyl groups excluding tert-OH is 1. The fraction of sp³-hybridized carbons (Fsp3) is 0.533. The molecule has 6 heteroatoms. The van der Waals surface area contributed by atoms with Crippen LogP contribution < -0.4 is 5.32 Å². The largest absolute Gasteiger partial charge is 0.394 e. The van der Waals surface area contributed by atoms with Gasteiger partial charge in [0, 0.05) is 19.0 Å². The van der Waals surface area contributed by atoms with E-state index >= 15 is 0 Å². The summed E-state index contributed by atoms with van der Waals surface area (Å²) in [5, 5.41) is 12.9. The summed E-state index contributed by atoms with van der Waals surface area (Å²) in [6, 6.07) is 5.03. The number of rotatable bonds is 5. The molecule has 1 unspecified atom stereocenters. The van der Waals surface area contributed by atoms with E-state index in [0.29, 0.717) is 16.6 Å². The summed E-state index contributed by atoms with van der Waals surface area (Å²) in [6.45, 7) is 6.20. The van der Waals surface area contributed by atoms with Gasteiger partial charge in [0.15, 0.2) is 0 Å². The maximum Gasteiger partial charge on any atom is 0.317 e. The van der Waals surface area contributed by atoms with Gasteiger partial charge in [-0.1, -0.05) is 43.1 Å². The minimum absolute atomic E-state index is 0.0693. The summed E-state index contributed by atoms with van der Waals surface area (Å²) in [5.41, 5.74) is 0.711. The normalized spacial score (nSPS) is 12.9. The number of urea groups is 1. The standard InChI is InChI=1S/C15H22Cl2N2O2/c1-10(8-20)19(4)14(21)18-9-15(2,3)11-5-6-12(16)13(17)7-11/h5-7,10,20H,8-9H2,1-4H3,(H,18,21). The highest BCUT2D eigenvalue weighted by atomic mass is 35.5. The first kappa shape index (κ1) is 18.1. The zero-order chi connectivity index (χ0) is 16.2. The number of hydrogen-bond acceptors (Lipinski definition) is 2. The van der Waals surface area contributed by atoms with Crippen molar-refractivity contribution >= 4 is 29.2 Å². The zero-order valence-electron chi connectivity index (χ0n) is 12.8. The van der Waals surface area contributed by atoms with Crippen molar-refractivity contribution in [2.45, 2.75) is 32.2 Å². The SMILES string of the molecule is CC(CO)N(C)C(=O)NCC(C)(C)c1ccc(Cl)c(Cl)c1. The number of likely N-dealkylation sites (N-methyl/N-ethyl adjacent to an activating group) is 1. The highest BCUT2D eigenvalue weighted by Gasteiger charge is 2.24. The Kier molecular flexibility index (Phi) is 6.32. The summed E-state index contributed by atoms with van der Waals surface area (Å²) in [7, 11) is 1.66. The lowest BCUT2D eigenvalue weighted by Gasteiger charge is -2.29. The Balaban J connectivity index is 2.72. The highest BCUT2D eigenvalue weighted by Crippen LogP contribution is 2.29. The van der Waals surface area contributed by atoms with Gasteiger partial charge in [-0.2, -0.15) is 0 Å². The van der Waals surface area contributed by atoms with Crippen molar-refractivity contribution in [1.82, 2.24) is 10.2 Å². The molecule has 0 heterocycles. The fourth-order valence-corrected chi connectivity index (χ4v) is 2.06. The number of benzene rings is 1. The van der Waals surface area contributed by atoms with Crippen LogP contribution in [0.1, 0.15) is 26.3 Å². The second-order valence-corrected chi connectivity index (χ2v) is 6.63. The lowest BCUT2D eigenvalue weighted by atomic mass is 9.84. The van der Waals surface area contributed by atoms with Crippen LogP contribution in [-0.4, -0.2) is 42.3 Å². The van der Waals surface area contributed by atoms with Crippen molar-refractivity contribution in [3.63, 3.8) is 0 Å². The molecule has 0 saturated heterocycles. The molecule has 2 N–H and O–H groups in total. The van der Waals surface area contributed by atoms with Crippen LogP contribution in [-0.2, 0) is 5.41 Å². The number of carbonyl (C=O) groups excluding carboxylic acids is 1. The molecule has 1 rings (SSSR count).